The Hall–Kier alpha value is -1.63. The summed E-state index contributed by atoms with van der Waals surface area (Å²) < 4.78 is 0. The second-order valence-corrected chi connectivity index (χ2v) is 7.99. The molecule has 140 valence electrons. The van der Waals surface area contributed by atoms with Crippen LogP contribution in [0.3, 0.4) is 0 Å². The van der Waals surface area contributed by atoms with E-state index in [0.717, 1.165) is 60.4 Å². The minimum atomic E-state index is -0.00583. The van der Waals surface area contributed by atoms with Crippen LogP contribution in [0.4, 0.5) is 5.13 Å². The topological polar surface area (TPSA) is 57.3 Å². The van der Waals surface area contributed by atoms with Gasteiger partial charge in [-0.25, -0.2) is 4.98 Å². The van der Waals surface area contributed by atoms with Gasteiger partial charge in [0.2, 0.25) is 0 Å². The number of halogens is 1. The maximum Gasteiger partial charge on any atom is 0.263 e. The van der Waals surface area contributed by atoms with Crippen molar-refractivity contribution in [1.29, 1.82) is 0 Å². The molecule has 3 rings (SSSR count). The van der Waals surface area contributed by atoms with Gasteiger partial charge in [-0.15, -0.1) is 0 Å². The fourth-order valence-corrected chi connectivity index (χ4v) is 4.32. The third-order valence-electron chi connectivity index (χ3n) is 4.61. The lowest BCUT2D eigenvalue weighted by atomic mass is 10.0. The number of carbonyl (C=O) groups is 1. The van der Waals surface area contributed by atoms with Gasteiger partial charge in [0.15, 0.2) is 5.13 Å². The van der Waals surface area contributed by atoms with Crippen LogP contribution in [-0.2, 0) is 6.54 Å². The van der Waals surface area contributed by atoms with Crippen molar-refractivity contribution < 1.29 is 4.79 Å². The number of rotatable bonds is 6. The van der Waals surface area contributed by atoms with Gasteiger partial charge in [-0.2, -0.15) is 0 Å². The number of benzene rings is 1. The molecule has 0 atom stereocenters. The number of anilines is 1. The summed E-state index contributed by atoms with van der Waals surface area (Å²) in [4.78, 5) is 20.1. The molecular weight excluding hydrogens is 368 g/mol. The Morgan fingerprint density at radius 2 is 2.08 bits per heavy atom. The van der Waals surface area contributed by atoms with Crippen molar-refractivity contribution in [1.82, 2.24) is 15.2 Å². The summed E-state index contributed by atoms with van der Waals surface area (Å²) in [5.41, 5.74) is 1.95. The number of nitrogens with zero attached hydrogens (tertiary/aromatic N) is 2. The molecule has 1 fully saturated rings. The van der Waals surface area contributed by atoms with Gasteiger partial charge in [-0.05, 0) is 38.3 Å². The molecule has 0 unspecified atom stereocenters. The van der Waals surface area contributed by atoms with E-state index in [-0.39, 0.29) is 11.9 Å². The van der Waals surface area contributed by atoms with Crippen molar-refractivity contribution in [2.24, 2.45) is 0 Å². The van der Waals surface area contributed by atoms with Gasteiger partial charge in [0.05, 0.1) is 5.69 Å². The third kappa shape index (κ3) is 4.75. The number of thiazole rings is 1. The number of hydrogen-bond acceptors (Lipinski definition) is 5. The van der Waals surface area contributed by atoms with Crippen LogP contribution in [0.1, 0.15) is 40.7 Å². The predicted molar refractivity (Wildman–Crippen MR) is 108 cm³/mol. The van der Waals surface area contributed by atoms with E-state index >= 15 is 0 Å². The van der Waals surface area contributed by atoms with Gasteiger partial charge in [0.25, 0.3) is 5.91 Å². The molecule has 5 nitrogen and oxygen atoms in total. The molecule has 1 amide bonds. The van der Waals surface area contributed by atoms with Gasteiger partial charge < -0.3 is 10.6 Å². The Morgan fingerprint density at radius 3 is 2.77 bits per heavy atom. The second-order valence-electron chi connectivity index (χ2n) is 6.58. The van der Waals surface area contributed by atoms with Crippen LogP contribution in [0, 0.1) is 6.92 Å². The van der Waals surface area contributed by atoms with Crippen molar-refractivity contribution in [3.05, 3.63) is 45.4 Å². The Morgan fingerprint density at radius 1 is 1.35 bits per heavy atom. The summed E-state index contributed by atoms with van der Waals surface area (Å²) in [6.45, 7) is 7.49. The number of hydrogen-bond donors (Lipinski definition) is 2. The molecule has 2 heterocycles. The molecular formula is C19H25ClN4OS. The molecule has 0 saturated carbocycles. The van der Waals surface area contributed by atoms with E-state index in [0.29, 0.717) is 4.88 Å². The van der Waals surface area contributed by atoms with E-state index in [1.807, 2.05) is 32.0 Å². The maximum absolute atomic E-state index is 12.6. The smallest absolute Gasteiger partial charge is 0.263 e. The first-order chi connectivity index (χ1) is 12.6. The number of piperidine rings is 1. The van der Waals surface area contributed by atoms with Crippen molar-refractivity contribution in [2.75, 3.05) is 25.0 Å². The number of carbonyl (C=O) groups excluding carboxylic acids is 1. The van der Waals surface area contributed by atoms with Crippen LogP contribution in [-0.4, -0.2) is 41.5 Å². The van der Waals surface area contributed by atoms with Gasteiger partial charge in [-0.3, -0.25) is 9.69 Å². The van der Waals surface area contributed by atoms with E-state index in [4.69, 9.17) is 11.6 Å². The van der Waals surface area contributed by atoms with Crippen LogP contribution in [0.25, 0.3) is 0 Å². The third-order valence-corrected chi connectivity index (χ3v) is 6.09. The normalized spacial score (nSPS) is 15.8. The highest BCUT2D eigenvalue weighted by Gasteiger charge is 2.23. The molecule has 0 spiro atoms. The highest BCUT2D eigenvalue weighted by Crippen LogP contribution is 2.23. The van der Waals surface area contributed by atoms with E-state index in [9.17, 15) is 4.79 Å². The van der Waals surface area contributed by atoms with Crippen molar-refractivity contribution >= 4 is 34.0 Å². The Bertz CT molecular complexity index is 756. The first-order valence-electron chi connectivity index (χ1n) is 9.04. The van der Waals surface area contributed by atoms with Gasteiger partial charge in [-0.1, -0.05) is 41.1 Å². The lowest BCUT2D eigenvalue weighted by Gasteiger charge is -2.32. The molecule has 0 aliphatic carbocycles. The second kappa shape index (κ2) is 8.84. The average Bonchev–Trinajstić information content (AvgIpc) is 2.99. The number of aryl methyl sites for hydroxylation is 1. The molecule has 1 aliphatic heterocycles. The number of aromatic nitrogens is 1. The lowest BCUT2D eigenvalue weighted by molar-refractivity contribution is 0.0912. The predicted octanol–water partition coefficient (Wildman–Crippen LogP) is 3.93. The summed E-state index contributed by atoms with van der Waals surface area (Å²) in [5.74, 6) is -0.00583. The van der Waals surface area contributed by atoms with Gasteiger partial charge in [0, 0.05) is 37.2 Å². The summed E-state index contributed by atoms with van der Waals surface area (Å²) in [6.07, 6.45) is 1.90. The minimum Gasteiger partial charge on any atom is -0.362 e. The van der Waals surface area contributed by atoms with Crippen LogP contribution in [0.2, 0.25) is 5.02 Å². The number of likely N-dealkylation sites (tertiary alicyclic amines) is 1. The fourth-order valence-electron chi connectivity index (χ4n) is 3.19. The summed E-state index contributed by atoms with van der Waals surface area (Å²) in [6, 6.07) is 8.20. The molecule has 2 aromatic rings. The molecule has 1 saturated heterocycles. The van der Waals surface area contributed by atoms with Gasteiger partial charge >= 0.3 is 0 Å². The fraction of sp³-hybridized carbons (Fsp3) is 0.474. The van der Waals surface area contributed by atoms with Gasteiger partial charge in [0.1, 0.15) is 4.88 Å². The van der Waals surface area contributed by atoms with E-state index in [2.05, 4.69) is 26.6 Å². The van der Waals surface area contributed by atoms with Crippen molar-refractivity contribution in [2.45, 2.75) is 39.3 Å². The highest BCUT2D eigenvalue weighted by atomic mass is 35.5. The largest absolute Gasteiger partial charge is 0.362 e. The van der Waals surface area contributed by atoms with Crippen LogP contribution >= 0.6 is 22.9 Å². The SMILES string of the molecule is CCNc1nc(C)c(C(=O)NC2CCN(Cc3ccccc3Cl)CC2)s1. The maximum atomic E-state index is 12.6. The van der Waals surface area contributed by atoms with E-state index in [1.165, 1.54) is 11.3 Å². The molecule has 7 heteroatoms. The molecule has 0 radical (unpaired) electrons. The van der Waals surface area contributed by atoms with Crippen molar-refractivity contribution in [3.63, 3.8) is 0 Å². The Kier molecular flexibility index (Phi) is 6.51. The molecule has 0 bridgehead atoms. The Balaban J connectivity index is 1.51. The molecule has 2 N–H and O–H groups in total. The van der Waals surface area contributed by atoms with Crippen LogP contribution in [0.15, 0.2) is 24.3 Å². The first-order valence-corrected chi connectivity index (χ1v) is 10.2. The summed E-state index contributed by atoms with van der Waals surface area (Å²) in [5, 5.41) is 7.98. The molecule has 1 aromatic heterocycles. The summed E-state index contributed by atoms with van der Waals surface area (Å²) in [7, 11) is 0. The number of nitrogens with one attached hydrogen (secondary N) is 2. The van der Waals surface area contributed by atoms with E-state index in [1.54, 1.807) is 0 Å². The lowest BCUT2D eigenvalue weighted by Crippen LogP contribution is -2.44. The zero-order chi connectivity index (χ0) is 18.5. The summed E-state index contributed by atoms with van der Waals surface area (Å²) >= 11 is 7.68. The Labute approximate surface area is 163 Å². The van der Waals surface area contributed by atoms with Crippen molar-refractivity contribution in [3.8, 4) is 0 Å². The average molecular weight is 393 g/mol. The minimum absolute atomic E-state index is 0.00583. The number of amides is 1. The molecule has 1 aromatic carbocycles. The quantitative estimate of drug-likeness (QED) is 0.781. The standard InChI is InChI=1S/C19H25ClN4OS/c1-3-21-19-22-13(2)17(26-19)18(25)23-15-8-10-24(11-9-15)12-14-6-4-5-7-16(14)20/h4-7,15H,3,8-12H2,1-2H3,(H,21,22)(H,23,25). The zero-order valence-corrected chi connectivity index (χ0v) is 16.8. The van der Waals surface area contributed by atoms with Crippen LogP contribution < -0.4 is 10.6 Å². The zero-order valence-electron chi connectivity index (χ0n) is 15.2. The van der Waals surface area contributed by atoms with Crippen LogP contribution in [0.5, 0.6) is 0 Å². The first kappa shape index (κ1) is 19.1. The van der Waals surface area contributed by atoms with E-state index < -0.39 is 0 Å². The molecule has 1 aliphatic rings. The molecule has 26 heavy (non-hydrogen) atoms. The highest BCUT2D eigenvalue weighted by molar-refractivity contribution is 7.17. The monoisotopic (exact) mass is 392 g/mol.